The molecule has 6 nitrogen and oxygen atoms in total. The molecule has 0 radical (unpaired) electrons. The van der Waals surface area contributed by atoms with E-state index in [9.17, 15) is 0 Å². The van der Waals surface area contributed by atoms with Crippen molar-refractivity contribution >= 4 is 0 Å². The highest BCUT2D eigenvalue weighted by molar-refractivity contribution is 4.68. The van der Waals surface area contributed by atoms with E-state index in [0.717, 1.165) is 12.3 Å². The molecule has 1 aliphatic carbocycles. The molecule has 0 atom stereocenters. The van der Waals surface area contributed by atoms with E-state index >= 15 is 0 Å². The molecule has 0 aromatic heterocycles. The average molecular weight is 180 g/mol. The van der Waals surface area contributed by atoms with Gasteiger partial charge in [0.15, 0.2) is 0 Å². The van der Waals surface area contributed by atoms with E-state index in [4.69, 9.17) is 5.26 Å². The fourth-order valence-corrected chi connectivity index (χ4v) is 1.07. The summed E-state index contributed by atoms with van der Waals surface area (Å²) in [6.45, 7) is 0.444. The van der Waals surface area contributed by atoms with Crippen LogP contribution in [0.15, 0.2) is 0 Å². The Morgan fingerprint density at radius 3 is 2.58 bits per heavy atom. The lowest BCUT2D eigenvalue weighted by atomic mass is 9.83. The van der Waals surface area contributed by atoms with E-state index in [1.54, 1.807) is 0 Å². The first-order valence-corrected chi connectivity index (χ1v) is 3.86. The molecule has 1 rings (SSSR count). The van der Waals surface area contributed by atoms with Gasteiger partial charge in [-0.1, -0.05) is 19.3 Å². The van der Waals surface area contributed by atoms with Gasteiger partial charge >= 0.3 is 0 Å². The molecule has 0 amide bonds. The Balaban J connectivity index is 1.70. The van der Waals surface area contributed by atoms with Crippen molar-refractivity contribution in [3.63, 3.8) is 0 Å². The summed E-state index contributed by atoms with van der Waals surface area (Å²) >= 11 is 0. The summed E-state index contributed by atoms with van der Waals surface area (Å²) in [5.41, 5.74) is 0. The van der Waals surface area contributed by atoms with Crippen LogP contribution < -0.4 is 0 Å². The maximum absolute atomic E-state index is 7.58. The van der Waals surface area contributed by atoms with Gasteiger partial charge in [-0.15, -0.1) is 0 Å². The van der Waals surface area contributed by atoms with Gasteiger partial charge in [-0.25, -0.2) is 10.1 Å². The van der Waals surface area contributed by atoms with Gasteiger partial charge in [0, 0.05) is 0 Å². The minimum atomic E-state index is 0.444. The quantitative estimate of drug-likeness (QED) is 0.363. The number of hydrogen-bond acceptors (Lipinski definition) is 6. The smallest absolute Gasteiger partial charge is 0.0857 e. The second kappa shape index (κ2) is 6.30. The van der Waals surface area contributed by atoms with Crippen molar-refractivity contribution < 1.29 is 30.3 Å². The van der Waals surface area contributed by atoms with Crippen LogP contribution in [0, 0.1) is 5.92 Å². The molecule has 0 aromatic rings. The molecule has 12 heavy (non-hydrogen) atoms. The maximum Gasteiger partial charge on any atom is 0.0857 e. The Labute approximate surface area is 69.6 Å². The summed E-state index contributed by atoms with van der Waals surface area (Å²) in [6, 6.07) is 0. The lowest BCUT2D eigenvalue weighted by Crippen LogP contribution is -2.13. The maximum atomic E-state index is 7.58. The highest BCUT2D eigenvalue weighted by Crippen LogP contribution is 2.29. The number of hydrogen-bond donors (Lipinski definition) is 1. The standard InChI is InChI=1S/C6H12O6/c7-9-11-12-10-8-5-4-6-2-1-3-6/h6-7H,1-5H2. The van der Waals surface area contributed by atoms with Crippen LogP contribution >= 0.6 is 0 Å². The van der Waals surface area contributed by atoms with Gasteiger partial charge in [-0.2, -0.15) is 0 Å². The first-order chi connectivity index (χ1) is 5.93. The monoisotopic (exact) mass is 180 g/mol. The van der Waals surface area contributed by atoms with Gasteiger partial charge in [-0.05, 0) is 32.5 Å². The topological polar surface area (TPSA) is 66.4 Å². The van der Waals surface area contributed by atoms with Gasteiger partial charge in [0.25, 0.3) is 0 Å². The fourth-order valence-electron chi connectivity index (χ4n) is 1.07. The van der Waals surface area contributed by atoms with E-state index in [1.165, 1.54) is 19.3 Å². The molecule has 6 heteroatoms. The van der Waals surface area contributed by atoms with E-state index < -0.39 is 0 Å². The van der Waals surface area contributed by atoms with E-state index in [0.29, 0.717) is 6.61 Å². The first-order valence-electron chi connectivity index (χ1n) is 3.86. The summed E-state index contributed by atoms with van der Waals surface area (Å²) in [5.74, 6) is 0.753. The zero-order valence-corrected chi connectivity index (χ0v) is 6.60. The normalized spacial score (nSPS) is 17.8. The Kier molecular flexibility index (Phi) is 5.16. The molecular weight excluding hydrogens is 168 g/mol. The molecule has 0 heterocycles. The van der Waals surface area contributed by atoms with Crippen LogP contribution in [0.5, 0.6) is 0 Å². The van der Waals surface area contributed by atoms with Crippen molar-refractivity contribution in [1.82, 2.24) is 0 Å². The van der Waals surface area contributed by atoms with Gasteiger partial charge < -0.3 is 0 Å². The van der Waals surface area contributed by atoms with E-state index in [1.807, 2.05) is 0 Å². The van der Waals surface area contributed by atoms with Crippen LogP contribution in [0.25, 0.3) is 0 Å². The Morgan fingerprint density at radius 1 is 1.17 bits per heavy atom. The van der Waals surface area contributed by atoms with Crippen LogP contribution in [-0.4, -0.2) is 11.9 Å². The third-order valence-electron chi connectivity index (χ3n) is 1.97. The minimum absolute atomic E-state index is 0.444. The highest BCUT2D eigenvalue weighted by atomic mass is 17.8. The summed E-state index contributed by atoms with van der Waals surface area (Å²) in [6.07, 6.45) is 4.79. The van der Waals surface area contributed by atoms with Crippen molar-refractivity contribution in [3.05, 3.63) is 0 Å². The third-order valence-corrected chi connectivity index (χ3v) is 1.97. The summed E-state index contributed by atoms with van der Waals surface area (Å²) in [4.78, 5) is 4.50. The molecule has 0 spiro atoms. The largest absolute Gasteiger partial charge is 0.219 e. The van der Waals surface area contributed by atoms with Crippen LogP contribution in [-0.2, 0) is 25.0 Å². The summed E-state index contributed by atoms with van der Waals surface area (Å²) in [5, 5.41) is 21.8. The number of rotatable bonds is 7. The second-order valence-corrected chi connectivity index (χ2v) is 2.69. The SMILES string of the molecule is OOOOOOCCC1CCC1. The van der Waals surface area contributed by atoms with Crippen LogP contribution in [0.4, 0.5) is 0 Å². The molecule has 1 saturated carbocycles. The van der Waals surface area contributed by atoms with E-state index in [-0.39, 0.29) is 0 Å². The molecule has 0 saturated heterocycles. The van der Waals surface area contributed by atoms with Crippen LogP contribution in [0.2, 0.25) is 0 Å². The molecule has 0 aromatic carbocycles. The summed E-state index contributed by atoms with van der Waals surface area (Å²) < 4.78 is 0. The van der Waals surface area contributed by atoms with Gasteiger partial charge in [-0.3, -0.25) is 0 Å². The average Bonchev–Trinajstić information content (AvgIpc) is 2.00. The predicted molar refractivity (Wildman–Crippen MR) is 34.9 cm³/mol. The molecular formula is C6H12O6. The highest BCUT2D eigenvalue weighted by Gasteiger charge is 2.16. The zero-order chi connectivity index (χ0) is 8.65. The lowest BCUT2D eigenvalue weighted by Gasteiger charge is -2.24. The third kappa shape index (κ3) is 3.96. The van der Waals surface area contributed by atoms with Crippen molar-refractivity contribution in [3.8, 4) is 0 Å². The molecule has 0 bridgehead atoms. The zero-order valence-electron chi connectivity index (χ0n) is 6.60. The molecule has 1 aliphatic rings. The van der Waals surface area contributed by atoms with Gasteiger partial charge in [0.05, 0.1) is 6.61 Å². The van der Waals surface area contributed by atoms with Crippen molar-refractivity contribution in [1.29, 1.82) is 0 Å². The lowest BCUT2D eigenvalue weighted by molar-refractivity contribution is -0.753. The van der Waals surface area contributed by atoms with Crippen LogP contribution in [0.3, 0.4) is 0 Å². The molecule has 72 valence electrons. The Hall–Kier alpha value is -0.240. The molecule has 1 fully saturated rings. The molecule has 1 N–H and O–H groups in total. The van der Waals surface area contributed by atoms with Crippen molar-refractivity contribution in [2.45, 2.75) is 25.7 Å². The Bertz CT molecular complexity index is 104. The van der Waals surface area contributed by atoms with E-state index in [2.05, 4.69) is 25.0 Å². The Morgan fingerprint density at radius 2 is 2.00 bits per heavy atom. The summed E-state index contributed by atoms with van der Waals surface area (Å²) in [7, 11) is 0. The fraction of sp³-hybridized carbons (Fsp3) is 1.00. The second-order valence-electron chi connectivity index (χ2n) is 2.69. The molecule has 0 aliphatic heterocycles. The van der Waals surface area contributed by atoms with Crippen molar-refractivity contribution in [2.24, 2.45) is 5.92 Å². The van der Waals surface area contributed by atoms with Crippen LogP contribution in [0.1, 0.15) is 25.7 Å². The molecule has 0 unspecified atom stereocenters. The van der Waals surface area contributed by atoms with Crippen molar-refractivity contribution in [2.75, 3.05) is 6.61 Å². The first kappa shape index (κ1) is 9.85. The minimum Gasteiger partial charge on any atom is -0.219 e. The van der Waals surface area contributed by atoms with Gasteiger partial charge in [0.1, 0.15) is 0 Å². The van der Waals surface area contributed by atoms with Gasteiger partial charge in [0.2, 0.25) is 0 Å². The predicted octanol–water partition coefficient (Wildman–Crippen LogP) is 1.39.